The lowest BCUT2D eigenvalue weighted by Crippen LogP contribution is -2.13. The predicted octanol–water partition coefficient (Wildman–Crippen LogP) is 3.82. The Morgan fingerprint density at radius 2 is 1.59 bits per heavy atom. The van der Waals surface area contributed by atoms with Crippen molar-refractivity contribution in [2.45, 2.75) is 20.3 Å². The first-order chi connectivity index (χ1) is 12.9. The lowest BCUT2D eigenvalue weighted by molar-refractivity contribution is 0.0597. The van der Waals surface area contributed by atoms with Crippen molar-refractivity contribution in [3.8, 4) is 0 Å². The van der Waals surface area contributed by atoms with Gasteiger partial charge >= 0.3 is 5.97 Å². The third kappa shape index (κ3) is 3.62. The number of carbonyl (C=O) groups is 2. The van der Waals surface area contributed by atoms with Crippen LogP contribution in [0.5, 0.6) is 0 Å². The normalized spacial score (nSPS) is 10.6. The molecule has 0 atom stereocenters. The lowest BCUT2D eigenvalue weighted by Gasteiger charge is -2.10. The Bertz CT molecular complexity index is 1000. The number of nitrogen functional groups attached to an aromatic ring is 1. The molecule has 0 bridgehead atoms. The first kappa shape index (κ1) is 18.5. The number of anilines is 1. The fourth-order valence-corrected chi connectivity index (χ4v) is 3.31. The van der Waals surface area contributed by atoms with Gasteiger partial charge in [-0.2, -0.15) is 0 Å². The van der Waals surface area contributed by atoms with E-state index in [9.17, 15) is 9.59 Å². The maximum absolute atomic E-state index is 13.3. The third-order valence-corrected chi connectivity index (χ3v) is 4.63. The first-order valence-electron chi connectivity index (χ1n) is 8.67. The highest BCUT2D eigenvalue weighted by atomic mass is 16.5. The van der Waals surface area contributed by atoms with Gasteiger partial charge in [0.1, 0.15) is 0 Å². The average Bonchev–Trinajstić information content (AvgIpc) is 2.96. The van der Waals surface area contributed by atoms with Crippen LogP contribution in [-0.4, -0.2) is 23.8 Å². The van der Waals surface area contributed by atoms with E-state index in [0.717, 1.165) is 11.1 Å². The van der Waals surface area contributed by atoms with Crippen molar-refractivity contribution in [1.82, 2.24) is 4.98 Å². The summed E-state index contributed by atoms with van der Waals surface area (Å²) in [6.07, 6.45) is 0.595. The van der Waals surface area contributed by atoms with Crippen LogP contribution in [0, 0.1) is 13.8 Å². The molecule has 138 valence electrons. The van der Waals surface area contributed by atoms with E-state index in [2.05, 4.69) is 4.98 Å². The van der Waals surface area contributed by atoms with E-state index >= 15 is 0 Å². The molecule has 1 heterocycles. The van der Waals surface area contributed by atoms with Crippen molar-refractivity contribution in [2.75, 3.05) is 12.8 Å². The summed E-state index contributed by atoms with van der Waals surface area (Å²) in [6, 6.07) is 15.0. The minimum atomic E-state index is -0.517. The Hall–Kier alpha value is -3.34. The van der Waals surface area contributed by atoms with Gasteiger partial charge in [-0.25, -0.2) is 4.79 Å². The zero-order valence-corrected chi connectivity index (χ0v) is 15.6. The van der Waals surface area contributed by atoms with Gasteiger partial charge in [-0.1, -0.05) is 36.4 Å². The summed E-state index contributed by atoms with van der Waals surface area (Å²) in [5, 5.41) is 0. The summed E-state index contributed by atoms with van der Waals surface area (Å²) >= 11 is 0. The average molecular weight is 362 g/mol. The smallest absolute Gasteiger partial charge is 0.340 e. The van der Waals surface area contributed by atoms with Gasteiger partial charge in [0.25, 0.3) is 0 Å². The number of carbonyl (C=O) groups excluding carboxylic acids is 2. The number of aromatic amines is 1. The second-order valence-corrected chi connectivity index (χ2v) is 6.52. The molecule has 0 radical (unpaired) electrons. The van der Waals surface area contributed by atoms with E-state index in [1.807, 2.05) is 42.5 Å². The van der Waals surface area contributed by atoms with Crippen molar-refractivity contribution in [3.63, 3.8) is 0 Å². The van der Waals surface area contributed by atoms with Crippen LogP contribution in [0.25, 0.3) is 0 Å². The highest BCUT2D eigenvalue weighted by Gasteiger charge is 2.26. The maximum Gasteiger partial charge on any atom is 0.340 e. The number of H-pyrrole nitrogens is 1. The number of aromatic nitrogens is 1. The van der Waals surface area contributed by atoms with E-state index in [4.69, 9.17) is 10.5 Å². The van der Waals surface area contributed by atoms with E-state index in [-0.39, 0.29) is 5.78 Å². The monoisotopic (exact) mass is 362 g/mol. The molecular formula is C22H22N2O3. The zero-order chi connectivity index (χ0) is 19.6. The predicted molar refractivity (Wildman–Crippen MR) is 105 cm³/mol. The number of rotatable bonds is 5. The van der Waals surface area contributed by atoms with Crippen LogP contribution in [0.4, 0.5) is 5.69 Å². The molecule has 5 nitrogen and oxygen atoms in total. The van der Waals surface area contributed by atoms with Crippen LogP contribution >= 0.6 is 0 Å². The maximum atomic E-state index is 13.3. The number of hydrogen-bond donors (Lipinski definition) is 2. The number of ether oxygens (including phenoxy) is 1. The van der Waals surface area contributed by atoms with Crippen LogP contribution in [-0.2, 0) is 11.2 Å². The molecule has 1 aromatic heterocycles. The fourth-order valence-electron chi connectivity index (χ4n) is 3.31. The lowest BCUT2D eigenvalue weighted by atomic mass is 9.92. The van der Waals surface area contributed by atoms with Gasteiger partial charge in [-0.3, -0.25) is 4.79 Å². The van der Waals surface area contributed by atoms with Crippen molar-refractivity contribution in [3.05, 3.63) is 87.7 Å². The molecule has 0 amide bonds. The fraction of sp³-hybridized carbons (Fsp3) is 0.182. The molecule has 5 heteroatoms. The van der Waals surface area contributed by atoms with Gasteiger partial charge in [0.05, 0.1) is 18.2 Å². The number of methoxy groups -OCH3 is 1. The second-order valence-electron chi connectivity index (χ2n) is 6.52. The highest BCUT2D eigenvalue weighted by Crippen LogP contribution is 2.25. The number of benzene rings is 2. The minimum absolute atomic E-state index is 0.191. The van der Waals surface area contributed by atoms with Gasteiger partial charge < -0.3 is 15.5 Å². The second kappa shape index (κ2) is 7.50. The first-order valence-corrected chi connectivity index (χ1v) is 8.67. The number of ketones is 1. The Morgan fingerprint density at radius 3 is 2.26 bits per heavy atom. The molecule has 0 unspecified atom stereocenters. The highest BCUT2D eigenvalue weighted by molar-refractivity contribution is 6.16. The van der Waals surface area contributed by atoms with Gasteiger partial charge in [0.15, 0.2) is 5.78 Å². The molecule has 0 saturated heterocycles. The van der Waals surface area contributed by atoms with Crippen LogP contribution < -0.4 is 5.73 Å². The SMILES string of the molecule is COC(=O)c1c(C)[nH]c(C)c1C(=O)c1ccccc1Cc1ccc(N)cc1. The Morgan fingerprint density at radius 1 is 0.963 bits per heavy atom. The van der Waals surface area contributed by atoms with Gasteiger partial charge in [0.2, 0.25) is 0 Å². The minimum Gasteiger partial charge on any atom is -0.465 e. The van der Waals surface area contributed by atoms with Crippen LogP contribution in [0.1, 0.15) is 48.8 Å². The molecule has 2 aromatic carbocycles. The standard InChI is InChI=1S/C22H22N2O3/c1-13-19(20(14(2)24-13)22(26)27-3)21(25)18-7-5-4-6-16(18)12-15-8-10-17(23)11-9-15/h4-11,24H,12,23H2,1-3H3. The molecule has 0 aliphatic rings. The van der Waals surface area contributed by atoms with Crippen LogP contribution in [0.2, 0.25) is 0 Å². The van der Waals surface area contributed by atoms with Gasteiger partial charge in [0, 0.05) is 22.6 Å². The molecular weight excluding hydrogens is 340 g/mol. The van der Waals surface area contributed by atoms with E-state index < -0.39 is 5.97 Å². The quantitative estimate of drug-likeness (QED) is 0.410. The Balaban J connectivity index is 2.04. The third-order valence-electron chi connectivity index (χ3n) is 4.63. The molecule has 0 spiro atoms. The molecule has 3 N–H and O–H groups in total. The van der Waals surface area contributed by atoms with Gasteiger partial charge in [-0.05, 0) is 43.5 Å². The van der Waals surface area contributed by atoms with Crippen molar-refractivity contribution in [2.24, 2.45) is 0 Å². The summed E-state index contributed by atoms with van der Waals surface area (Å²) in [7, 11) is 1.31. The number of hydrogen-bond acceptors (Lipinski definition) is 4. The summed E-state index contributed by atoms with van der Waals surface area (Å²) in [5.41, 5.74) is 10.9. The van der Waals surface area contributed by atoms with E-state index in [1.54, 1.807) is 19.9 Å². The number of aryl methyl sites for hydroxylation is 2. The summed E-state index contributed by atoms with van der Waals surface area (Å²) < 4.78 is 4.87. The van der Waals surface area contributed by atoms with Crippen LogP contribution in [0.3, 0.4) is 0 Å². The molecule has 0 fully saturated rings. The number of nitrogens with one attached hydrogen (secondary N) is 1. The summed E-state index contributed by atoms with van der Waals surface area (Å²) in [6.45, 7) is 3.55. The molecule has 0 aliphatic heterocycles. The molecule has 3 rings (SSSR count). The molecule has 0 saturated carbocycles. The van der Waals surface area contributed by atoms with Gasteiger partial charge in [-0.15, -0.1) is 0 Å². The largest absolute Gasteiger partial charge is 0.465 e. The molecule has 0 aliphatic carbocycles. The Labute approximate surface area is 158 Å². The Kier molecular flexibility index (Phi) is 5.12. The molecule has 3 aromatic rings. The number of nitrogens with two attached hydrogens (primary N) is 1. The van der Waals surface area contributed by atoms with E-state index in [0.29, 0.717) is 40.2 Å². The zero-order valence-electron chi connectivity index (χ0n) is 15.6. The van der Waals surface area contributed by atoms with E-state index in [1.165, 1.54) is 7.11 Å². The topological polar surface area (TPSA) is 85.2 Å². The van der Waals surface area contributed by atoms with Crippen molar-refractivity contribution < 1.29 is 14.3 Å². The van der Waals surface area contributed by atoms with Crippen LogP contribution in [0.15, 0.2) is 48.5 Å². The molecule has 27 heavy (non-hydrogen) atoms. The van der Waals surface area contributed by atoms with Crippen molar-refractivity contribution >= 4 is 17.4 Å². The summed E-state index contributed by atoms with van der Waals surface area (Å²) in [5.74, 6) is -0.709. The number of esters is 1. The van der Waals surface area contributed by atoms with Crippen molar-refractivity contribution in [1.29, 1.82) is 0 Å². The summed E-state index contributed by atoms with van der Waals surface area (Å²) in [4.78, 5) is 28.6.